The normalized spacial score (nSPS) is 11.1. The average Bonchev–Trinajstić information content (AvgIpc) is 2.27. The van der Waals surface area contributed by atoms with E-state index in [0.29, 0.717) is 12.4 Å². The third-order valence-electron chi connectivity index (χ3n) is 2.69. The monoisotopic (exact) mass is 234 g/mol. The Bertz CT molecular complexity index is 393. The summed E-state index contributed by atoms with van der Waals surface area (Å²) in [5.74, 6) is 1.50. The maximum absolute atomic E-state index is 8.11. The summed E-state index contributed by atoms with van der Waals surface area (Å²) in [7, 11) is 3.62. The molecule has 94 valence electrons. The van der Waals surface area contributed by atoms with E-state index in [-0.39, 0.29) is 5.41 Å². The quantitative estimate of drug-likeness (QED) is 0.644. The fraction of sp³-hybridized carbons (Fsp3) is 0.500. The van der Waals surface area contributed by atoms with Crippen LogP contribution in [0.5, 0.6) is 5.75 Å². The Kier molecular flexibility index (Phi) is 4.16. The Hall–Kier alpha value is -1.51. The fourth-order valence-corrected chi connectivity index (χ4v) is 1.74. The van der Waals surface area contributed by atoms with E-state index in [1.807, 2.05) is 57.0 Å². The summed E-state index contributed by atoms with van der Waals surface area (Å²) < 4.78 is 5.31. The van der Waals surface area contributed by atoms with Crippen molar-refractivity contribution in [2.75, 3.05) is 14.2 Å². The van der Waals surface area contributed by atoms with Gasteiger partial charge in [-0.15, -0.1) is 0 Å². The molecule has 0 saturated carbocycles. The van der Waals surface area contributed by atoms with Crippen LogP contribution in [-0.4, -0.2) is 24.9 Å². The molecule has 0 spiro atoms. The SMILES string of the molecule is COc1ccccc1CN(C)C(=N)C(C)(C)C. The zero-order chi connectivity index (χ0) is 13.1. The molecule has 17 heavy (non-hydrogen) atoms. The molecule has 0 unspecified atom stereocenters. The van der Waals surface area contributed by atoms with E-state index in [2.05, 4.69) is 0 Å². The van der Waals surface area contributed by atoms with Gasteiger partial charge in [-0.05, 0) is 6.07 Å². The molecule has 1 aromatic rings. The molecule has 0 aliphatic heterocycles. The molecule has 0 saturated heterocycles. The van der Waals surface area contributed by atoms with E-state index in [1.165, 1.54) is 0 Å². The molecule has 0 aliphatic rings. The number of hydrogen-bond acceptors (Lipinski definition) is 2. The van der Waals surface area contributed by atoms with Gasteiger partial charge in [0.05, 0.1) is 7.11 Å². The minimum Gasteiger partial charge on any atom is -0.496 e. The summed E-state index contributed by atoms with van der Waals surface area (Å²) in [6.45, 7) is 6.84. The lowest BCUT2D eigenvalue weighted by atomic mass is 9.94. The predicted octanol–water partition coefficient (Wildman–Crippen LogP) is 3.15. The van der Waals surface area contributed by atoms with Crippen molar-refractivity contribution in [1.29, 1.82) is 5.41 Å². The molecule has 1 rings (SSSR count). The number of amidine groups is 1. The first-order valence-corrected chi connectivity index (χ1v) is 5.78. The third kappa shape index (κ3) is 3.48. The van der Waals surface area contributed by atoms with Crippen LogP contribution in [0, 0.1) is 10.8 Å². The third-order valence-corrected chi connectivity index (χ3v) is 2.69. The Morgan fingerprint density at radius 1 is 1.29 bits per heavy atom. The second-order valence-corrected chi connectivity index (χ2v) is 5.27. The zero-order valence-corrected chi connectivity index (χ0v) is 11.4. The summed E-state index contributed by atoms with van der Waals surface area (Å²) >= 11 is 0. The van der Waals surface area contributed by atoms with Crippen LogP contribution in [0.15, 0.2) is 24.3 Å². The maximum atomic E-state index is 8.11. The molecule has 0 heterocycles. The molecule has 0 radical (unpaired) electrons. The van der Waals surface area contributed by atoms with Gasteiger partial charge in [0.2, 0.25) is 0 Å². The summed E-state index contributed by atoms with van der Waals surface area (Å²) in [4.78, 5) is 1.96. The van der Waals surface area contributed by atoms with E-state index in [0.717, 1.165) is 11.3 Å². The summed E-state index contributed by atoms with van der Waals surface area (Å²) in [6, 6.07) is 7.93. The number of nitrogens with one attached hydrogen (secondary N) is 1. The van der Waals surface area contributed by atoms with Gasteiger partial charge in [0, 0.05) is 24.6 Å². The summed E-state index contributed by atoms with van der Waals surface area (Å²) in [5, 5.41) is 8.11. The van der Waals surface area contributed by atoms with E-state index in [1.54, 1.807) is 7.11 Å². The van der Waals surface area contributed by atoms with Gasteiger partial charge < -0.3 is 9.64 Å². The van der Waals surface area contributed by atoms with E-state index in [9.17, 15) is 0 Å². The Labute approximate surface area is 104 Å². The van der Waals surface area contributed by atoms with Gasteiger partial charge in [-0.25, -0.2) is 0 Å². The van der Waals surface area contributed by atoms with E-state index in [4.69, 9.17) is 10.1 Å². The van der Waals surface area contributed by atoms with Crippen molar-refractivity contribution < 1.29 is 4.74 Å². The van der Waals surface area contributed by atoms with Crippen LogP contribution in [0.2, 0.25) is 0 Å². The Balaban J connectivity index is 2.81. The van der Waals surface area contributed by atoms with Crippen molar-refractivity contribution in [3.05, 3.63) is 29.8 Å². The Morgan fingerprint density at radius 3 is 2.41 bits per heavy atom. The zero-order valence-electron chi connectivity index (χ0n) is 11.4. The van der Waals surface area contributed by atoms with Crippen LogP contribution < -0.4 is 4.74 Å². The molecule has 0 atom stereocenters. The molecule has 0 fully saturated rings. The van der Waals surface area contributed by atoms with Gasteiger partial charge in [-0.3, -0.25) is 5.41 Å². The molecule has 0 amide bonds. The number of hydrogen-bond donors (Lipinski definition) is 1. The molecule has 0 aliphatic carbocycles. The van der Waals surface area contributed by atoms with Gasteiger partial charge in [0.25, 0.3) is 0 Å². The number of ether oxygens (including phenoxy) is 1. The number of rotatable bonds is 3. The van der Waals surface area contributed by atoms with Crippen LogP contribution >= 0.6 is 0 Å². The topological polar surface area (TPSA) is 36.3 Å². The van der Waals surface area contributed by atoms with Crippen LogP contribution in [0.25, 0.3) is 0 Å². The number of methoxy groups -OCH3 is 1. The second-order valence-electron chi connectivity index (χ2n) is 5.27. The van der Waals surface area contributed by atoms with Crippen molar-refractivity contribution in [3.63, 3.8) is 0 Å². The highest BCUT2D eigenvalue weighted by molar-refractivity contribution is 5.84. The molecule has 0 aromatic heterocycles. The molecule has 3 heteroatoms. The highest BCUT2D eigenvalue weighted by Gasteiger charge is 2.21. The van der Waals surface area contributed by atoms with E-state index < -0.39 is 0 Å². The van der Waals surface area contributed by atoms with Crippen molar-refractivity contribution in [1.82, 2.24) is 4.90 Å². The largest absolute Gasteiger partial charge is 0.496 e. The van der Waals surface area contributed by atoms with Crippen LogP contribution in [0.3, 0.4) is 0 Å². The lowest BCUT2D eigenvalue weighted by Gasteiger charge is -2.29. The number of benzene rings is 1. The minimum absolute atomic E-state index is 0.128. The summed E-state index contributed by atoms with van der Waals surface area (Å²) in [5.41, 5.74) is 0.975. The lowest BCUT2D eigenvalue weighted by molar-refractivity contribution is 0.384. The number of nitrogens with zero attached hydrogens (tertiary/aromatic N) is 1. The molecular formula is C14H22N2O. The van der Waals surface area contributed by atoms with Gasteiger partial charge in [0.1, 0.15) is 11.6 Å². The van der Waals surface area contributed by atoms with Crippen molar-refractivity contribution in [2.45, 2.75) is 27.3 Å². The first-order valence-electron chi connectivity index (χ1n) is 5.78. The minimum atomic E-state index is -0.128. The lowest BCUT2D eigenvalue weighted by Crippen LogP contribution is -2.35. The van der Waals surface area contributed by atoms with Gasteiger partial charge in [-0.1, -0.05) is 39.0 Å². The molecule has 3 nitrogen and oxygen atoms in total. The first kappa shape index (κ1) is 13.6. The molecule has 1 aromatic carbocycles. The fourth-order valence-electron chi connectivity index (χ4n) is 1.74. The smallest absolute Gasteiger partial charge is 0.123 e. The van der Waals surface area contributed by atoms with Gasteiger partial charge >= 0.3 is 0 Å². The summed E-state index contributed by atoms with van der Waals surface area (Å²) in [6.07, 6.45) is 0. The molecule has 0 bridgehead atoms. The standard InChI is InChI=1S/C14H22N2O/c1-14(2,3)13(15)16(4)10-11-8-6-7-9-12(11)17-5/h6-9,15H,10H2,1-5H3. The average molecular weight is 234 g/mol. The second kappa shape index (κ2) is 5.21. The van der Waals surface area contributed by atoms with Gasteiger partial charge in [-0.2, -0.15) is 0 Å². The van der Waals surface area contributed by atoms with Crippen molar-refractivity contribution >= 4 is 5.84 Å². The van der Waals surface area contributed by atoms with E-state index >= 15 is 0 Å². The van der Waals surface area contributed by atoms with Crippen molar-refractivity contribution in [2.24, 2.45) is 5.41 Å². The molecule has 1 N–H and O–H groups in total. The maximum Gasteiger partial charge on any atom is 0.123 e. The number of para-hydroxylation sites is 1. The van der Waals surface area contributed by atoms with Crippen LogP contribution in [0.4, 0.5) is 0 Å². The molecular weight excluding hydrogens is 212 g/mol. The van der Waals surface area contributed by atoms with Crippen molar-refractivity contribution in [3.8, 4) is 5.75 Å². The van der Waals surface area contributed by atoms with Gasteiger partial charge in [0.15, 0.2) is 0 Å². The highest BCUT2D eigenvalue weighted by Crippen LogP contribution is 2.22. The Morgan fingerprint density at radius 2 is 1.88 bits per heavy atom. The predicted molar refractivity (Wildman–Crippen MR) is 71.6 cm³/mol. The van der Waals surface area contributed by atoms with Crippen LogP contribution in [0.1, 0.15) is 26.3 Å². The highest BCUT2D eigenvalue weighted by atomic mass is 16.5. The van der Waals surface area contributed by atoms with Crippen LogP contribution in [-0.2, 0) is 6.54 Å². The first-order chi connectivity index (χ1) is 7.86.